The van der Waals surface area contributed by atoms with Crippen molar-refractivity contribution in [1.29, 1.82) is 5.26 Å². The van der Waals surface area contributed by atoms with E-state index in [2.05, 4.69) is 21.5 Å². The van der Waals surface area contributed by atoms with Gasteiger partial charge in [-0.05, 0) is 62.5 Å². The zero-order valence-corrected chi connectivity index (χ0v) is 16.8. The molecule has 5 rings (SSSR count). The van der Waals surface area contributed by atoms with Gasteiger partial charge in [0.1, 0.15) is 0 Å². The fourth-order valence-electron chi connectivity index (χ4n) is 4.31. The Morgan fingerprint density at radius 3 is 2.87 bits per heavy atom. The molecule has 1 aliphatic rings. The van der Waals surface area contributed by atoms with Crippen LogP contribution in [-0.2, 0) is 6.42 Å². The van der Waals surface area contributed by atoms with E-state index < -0.39 is 0 Å². The molecule has 0 aliphatic carbocycles. The van der Waals surface area contributed by atoms with Gasteiger partial charge < -0.3 is 9.88 Å². The van der Waals surface area contributed by atoms with E-state index >= 15 is 0 Å². The number of benzene rings is 1. The predicted molar refractivity (Wildman–Crippen MR) is 115 cm³/mol. The summed E-state index contributed by atoms with van der Waals surface area (Å²) in [7, 11) is 0. The second kappa shape index (κ2) is 7.39. The van der Waals surface area contributed by atoms with Crippen LogP contribution in [-0.4, -0.2) is 32.3 Å². The maximum Gasteiger partial charge on any atom is 0.258 e. The van der Waals surface area contributed by atoms with E-state index in [9.17, 15) is 10.1 Å². The molecule has 1 N–H and O–H groups in total. The molecule has 7 heteroatoms. The average Bonchev–Trinajstić information content (AvgIpc) is 3.15. The van der Waals surface area contributed by atoms with Crippen molar-refractivity contribution in [3.8, 4) is 17.3 Å². The van der Waals surface area contributed by atoms with Gasteiger partial charge >= 0.3 is 0 Å². The summed E-state index contributed by atoms with van der Waals surface area (Å²) < 4.78 is 3.61. The first-order valence-electron chi connectivity index (χ1n) is 10.2. The molecule has 0 atom stereocenters. The van der Waals surface area contributed by atoms with E-state index in [-0.39, 0.29) is 18.0 Å². The van der Waals surface area contributed by atoms with Gasteiger partial charge in [-0.3, -0.25) is 4.79 Å². The fourth-order valence-corrected chi connectivity index (χ4v) is 4.31. The average molecular weight is 398 g/mol. The molecule has 0 radical (unpaired) electrons. The third-order valence-corrected chi connectivity index (χ3v) is 5.82. The summed E-state index contributed by atoms with van der Waals surface area (Å²) in [6.07, 6.45) is 5.99. The Morgan fingerprint density at radius 1 is 1.23 bits per heavy atom. The monoisotopic (exact) mass is 398 g/mol. The van der Waals surface area contributed by atoms with Crippen LogP contribution >= 0.6 is 0 Å². The van der Waals surface area contributed by atoms with Crippen molar-refractivity contribution in [3.05, 3.63) is 64.3 Å². The van der Waals surface area contributed by atoms with Crippen LogP contribution in [0.2, 0.25) is 0 Å². The number of nitrogens with zero attached hydrogens (tertiary/aromatic N) is 5. The third kappa shape index (κ3) is 3.15. The molecule has 150 valence electrons. The number of rotatable bonds is 3. The number of hydrogen-bond acceptors (Lipinski definition) is 5. The highest BCUT2D eigenvalue weighted by molar-refractivity contribution is 5.86. The van der Waals surface area contributed by atoms with Crippen molar-refractivity contribution < 1.29 is 0 Å². The lowest BCUT2D eigenvalue weighted by Gasteiger charge is -2.25. The van der Waals surface area contributed by atoms with E-state index in [4.69, 9.17) is 0 Å². The summed E-state index contributed by atoms with van der Waals surface area (Å²) in [6, 6.07) is 12.2. The van der Waals surface area contributed by atoms with Gasteiger partial charge in [0.2, 0.25) is 0 Å². The molecule has 7 nitrogen and oxygen atoms in total. The van der Waals surface area contributed by atoms with Crippen LogP contribution in [0.1, 0.15) is 30.1 Å². The maximum atomic E-state index is 13.1. The summed E-state index contributed by atoms with van der Waals surface area (Å²) in [5.41, 5.74) is 4.14. The van der Waals surface area contributed by atoms with Crippen LogP contribution in [0.3, 0.4) is 0 Å². The Hall–Kier alpha value is -3.50. The van der Waals surface area contributed by atoms with E-state index in [1.54, 1.807) is 4.52 Å². The Morgan fingerprint density at radius 2 is 2.07 bits per heavy atom. The van der Waals surface area contributed by atoms with Gasteiger partial charge in [-0.15, -0.1) is 0 Å². The standard InChI is InChI=1S/C23H22N6O/c1-15-14-29-22(26-15)18(4-8-24)13-21(27-29)17-2-3-20-16(12-17)7-11-28(23(20)30)19-5-9-25-10-6-19/h2-3,7,11-14,19,25H,4-6,9-10H2,1H3. The summed E-state index contributed by atoms with van der Waals surface area (Å²) in [5, 5.41) is 18.8. The van der Waals surface area contributed by atoms with Gasteiger partial charge in [0.05, 0.1) is 30.1 Å². The molecule has 1 aliphatic heterocycles. The van der Waals surface area contributed by atoms with E-state index in [1.807, 2.05) is 54.2 Å². The molecule has 1 aromatic carbocycles. The normalized spacial score (nSPS) is 14.9. The van der Waals surface area contributed by atoms with Crippen LogP contribution in [0, 0.1) is 18.3 Å². The van der Waals surface area contributed by atoms with Crippen molar-refractivity contribution >= 4 is 16.4 Å². The molecule has 4 heterocycles. The molecule has 0 unspecified atom stereocenters. The lowest BCUT2D eigenvalue weighted by atomic mass is 10.0. The first-order valence-corrected chi connectivity index (χ1v) is 10.2. The number of aryl methyl sites for hydroxylation is 1. The van der Waals surface area contributed by atoms with Crippen LogP contribution in [0.15, 0.2) is 47.5 Å². The van der Waals surface area contributed by atoms with Crippen molar-refractivity contribution in [1.82, 2.24) is 24.5 Å². The van der Waals surface area contributed by atoms with Gasteiger partial charge in [-0.25, -0.2) is 9.50 Å². The van der Waals surface area contributed by atoms with Crippen molar-refractivity contribution in [2.75, 3.05) is 13.1 Å². The number of fused-ring (bicyclic) bond motifs is 2. The van der Waals surface area contributed by atoms with Crippen molar-refractivity contribution in [2.45, 2.75) is 32.2 Å². The zero-order chi connectivity index (χ0) is 20.7. The molecule has 30 heavy (non-hydrogen) atoms. The molecule has 0 bridgehead atoms. The quantitative estimate of drug-likeness (QED) is 0.573. The third-order valence-electron chi connectivity index (χ3n) is 5.82. The Bertz CT molecular complexity index is 1350. The minimum atomic E-state index is 0.0600. The number of hydrogen-bond donors (Lipinski definition) is 1. The van der Waals surface area contributed by atoms with Gasteiger partial charge in [-0.2, -0.15) is 10.4 Å². The van der Waals surface area contributed by atoms with Crippen LogP contribution < -0.4 is 10.9 Å². The molecular formula is C23H22N6O. The zero-order valence-electron chi connectivity index (χ0n) is 16.8. The number of imidazole rings is 1. The predicted octanol–water partition coefficient (Wildman–Crippen LogP) is 3.01. The highest BCUT2D eigenvalue weighted by Gasteiger charge is 2.17. The molecule has 3 aromatic heterocycles. The molecule has 0 spiro atoms. The van der Waals surface area contributed by atoms with Gasteiger partial charge in [0, 0.05) is 28.8 Å². The van der Waals surface area contributed by atoms with Gasteiger partial charge in [-0.1, -0.05) is 6.07 Å². The summed E-state index contributed by atoms with van der Waals surface area (Å²) >= 11 is 0. The van der Waals surface area contributed by atoms with Crippen molar-refractivity contribution in [3.63, 3.8) is 0 Å². The minimum Gasteiger partial charge on any atom is -0.317 e. The van der Waals surface area contributed by atoms with Crippen molar-refractivity contribution in [2.24, 2.45) is 0 Å². The van der Waals surface area contributed by atoms with Crippen LogP contribution in [0.25, 0.3) is 27.7 Å². The van der Waals surface area contributed by atoms with Crippen LogP contribution in [0.5, 0.6) is 0 Å². The molecule has 0 amide bonds. The van der Waals surface area contributed by atoms with E-state index in [1.165, 1.54) is 0 Å². The Kier molecular flexibility index (Phi) is 4.57. The Balaban J connectivity index is 1.60. The lowest BCUT2D eigenvalue weighted by Crippen LogP contribution is -2.34. The number of nitriles is 1. The van der Waals surface area contributed by atoms with Gasteiger partial charge in [0.25, 0.3) is 5.56 Å². The highest BCUT2D eigenvalue weighted by Crippen LogP contribution is 2.25. The summed E-state index contributed by atoms with van der Waals surface area (Å²) in [6.45, 7) is 3.80. The fraction of sp³-hybridized carbons (Fsp3) is 0.304. The van der Waals surface area contributed by atoms with Gasteiger partial charge in [0.15, 0.2) is 5.65 Å². The Labute approximate surface area is 173 Å². The van der Waals surface area contributed by atoms with E-state index in [0.717, 1.165) is 59.2 Å². The van der Waals surface area contributed by atoms with E-state index in [0.29, 0.717) is 5.65 Å². The number of nitrogens with one attached hydrogen (secondary N) is 1. The maximum absolute atomic E-state index is 13.1. The smallest absolute Gasteiger partial charge is 0.258 e. The van der Waals surface area contributed by atoms with Crippen LogP contribution in [0.4, 0.5) is 0 Å². The second-order valence-electron chi connectivity index (χ2n) is 7.85. The highest BCUT2D eigenvalue weighted by atomic mass is 16.1. The first kappa shape index (κ1) is 18.5. The second-order valence-corrected chi connectivity index (χ2v) is 7.85. The molecule has 0 saturated carbocycles. The lowest BCUT2D eigenvalue weighted by molar-refractivity contribution is 0.362. The summed E-state index contributed by atoms with van der Waals surface area (Å²) in [5.74, 6) is 0. The SMILES string of the molecule is Cc1cn2nc(-c3ccc4c(=O)n(C5CCNCC5)ccc4c3)cc(CC#N)c2n1. The molecule has 4 aromatic rings. The number of aromatic nitrogens is 4. The first-order chi connectivity index (χ1) is 14.6. The molecular weight excluding hydrogens is 376 g/mol. The summed E-state index contributed by atoms with van der Waals surface area (Å²) in [4.78, 5) is 17.6. The number of pyridine rings is 1. The minimum absolute atomic E-state index is 0.0600. The molecule has 1 fully saturated rings. The molecule has 1 saturated heterocycles. The number of piperidine rings is 1. The largest absolute Gasteiger partial charge is 0.317 e. The topological polar surface area (TPSA) is 88.0 Å².